The normalized spacial score (nSPS) is 13.0. The maximum Gasteiger partial charge on any atom is 0.119 e. The second-order valence-corrected chi connectivity index (χ2v) is 3.76. The van der Waals surface area contributed by atoms with E-state index in [1.165, 1.54) is 0 Å². The van der Waals surface area contributed by atoms with Crippen molar-refractivity contribution >= 4 is 10.8 Å². The van der Waals surface area contributed by atoms with Gasteiger partial charge in [-0.1, -0.05) is 18.2 Å². The number of para-hydroxylation sites is 1. The summed E-state index contributed by atoms with van der Waals surface area (Å²) in [7, 11) is -0.884. The molecule has 0 saturated heterocycles. The average Bonchev–Trinajstić information content (AvgIpc) is 2.14. The minimum absolute atomic E-state index is 0.462. The van der Waals surface area contributed by atoms with Crippen LogP contribution in [-0.2, 0) is 10.8 Å². The van der Waals surface area contributed by atoms with E-state index in [0.717, 1.165) is 5.75 Å². The Bertz CT molecular complexity index is 293. The summed E-state index contributed by atoms with van der Waals surface area (Å²) in [6, 6.07) is 9.53. The summed E-state index contributed by atoms with van der Waals surface area (Å²) in [4.78, 5) is 0. The van der Waals surface area contributed by atoms with E-state index < -0.39 is 10.8 Å². The van der Waals surface area contributed by atoms with Crippen molar-refractivity contribution in [1.82, 2.24) is 0 Å². The lowest BCUT2D eigenvalue weighted by Gasteiger charge is -2.00. The Morgan fingerprint density at radius 3 is 2.69 bits per heavy atom. The van der Waals surface area contributed by atoms with E-state index >= 15 is 0 Å². The van der Waals surface area contributed by atoms with E-state index in [9.17, 15) is 4.21 Å². The standard InChI is InChI=1S/C10H12O2S/c1-13(11)9-5-8-12-10-6-3-2-4-7-10/h2-7,9H,8H2,1H3/b9-5+. The molecule has 0 aliphatic rings. The van der Waals surface area contributed by atoms with Crippen LogP contribution in [0.5, 0.6) is 5.75 Å². The van der Waals surface area contributed by atoms with Gasteiger partial charge in [-0.25, -0.2) is 0 Å². The van der Waals surface area contributed by atoms with Crippen molar-refractivity contribution in [2.75, 3.05) is 12.9 Å². The fourth-order valence-corrected chi connectivity index (χ4v) is 1.19. The minimum Gasteiger partial charge on any atom is -0.490 e. The van der Waals surface area contributed by atoms with Crippen LogP contribution in [0.1, 0.15) is 0 Å². The first kappa shape index (κ1) is 9.99. The summed E-state index contributed by atoms with van der Waals surface area (Å²) in [5.74, 6) is 0.828. The van der Waals surface area contributed by atoms with Crippen molar-refractivity contribution in [3.05, 3.63) is 41.8 Å². The summed E-state index contributed by atoms with van der Waals surface area (Å²) in [5.41, 5.74) is 0. The Balaban J connectivity index is 2.32. The summed E-state index contributed by atoms with van der Waals surface area (Å²) in [6.45, 7) is 0.462. The van der Waals surface area contributed by atoms with Crippen LogP contribution in [0, 0.1) is 0 Å². The predicted octanol–water partition coefficient (Wildman–Crippen LogP) is 1.96. The van der Waals surface area contributed by atoms with Crippen LogP contribution in [0.2, 0.25) is 0 Å². The van der Waals surface area contributed by atoms with Crippen molar-refractivity contribution in [2.24, 2.45) is 0 Å². The monoisotopic (exact) mass is 196 g/mol. The predicted molar refractivity (Wildman–Crippen MR) is 55.1 cm³/mol. The molecule has 1 aromatic carbocycles. The SMILES string of the molecule is CS(=O)/C=C/COc1ccccc1. The van der Waals surface area contributed by atoms with E-state index in [1.54, 1.807) is 17.7 Å². The van der Waals surface area contributed by atoms with Gasteiger partial charge < -0.3 is 4.74 Å². The fourth-order valence-electron chi connectivity index (χ4n) is 0.836. The van der Waals surface area contributed by atoms with Gasteiger partial charge in [0.1, 0.15) is 12.4 Å². The Hall–Kier alpha value is -1.09. The maximum atomic E-state index is 10.6. The zero-order valence-electron chi connectivity index (χ0n) is 7.47. The number of hydrogen-bond acceptors (Lipinski definition) is 2. The molecule has 2 nitrogen and oxygen atoms in total. The highest BCUT2D eigenvalue weighted by molar-refractivity contribution is 7.87. The molecule has 0 amide bonds. The molecule has 0 bridgehead atoms. The third-order valence-electron chi connectivity index (χ3n) is 1.38. The first-order valence-corrected chi connectivity index (χ1v) is 5.58. The molecule has 0 spiro atoms. The number of hydrogen-bond donors (Lipinski definition) is 0. The van der Waals surface area contributed by atoms with Gasteiger partial charge in [-0.05, 0) is 18.2 Å². The second-order valence-electron chi connectivity index (χ2n) is 2.49. The number of benzene rings is 1. The molecule has 0 N–H and O–H groups in total. The van der Waals surface area contributed by atoms with Crippen molar-refractivity contribution in [3.8, 4) is 5.75 Å². The smallest absolute Gasteiger partial charge is 0.119 e. The van der Waals surface area contributed by atoms with E-state index in [-0.39, 0.29) is 0 Å². The molecule has 0 saturated carbocycles. The average molecular weight is 196 g/mol. The van der Waals surface area contributed by atoms with Crippen LogP contribution in [0.3, 0.4) is 0 Å². The summed E-state index contributed by atoms with van der Waals surface area (Å²) >= 11 is 0. The molecule has 0 aromatic heterocycles. The number of ether oxygens (including phenoxy) is 1. The molecular formula is C10H12O2S. The van der Waals surface area contributed by atoms with E-state index in [0.29, 0.717) is 6.61 Å². The zero-order chi connectivity index (χ0) is 9.52. The highest BCUT2D eigenvalue weighted by Gasteiger charge is 1.87. The summed E-state index contributed by atoms with van der Waals surface area (Å²) in [6.07, 6.45) is 3.38. The molecule has 0 radical (unpaired) electrons. The van der Waals surface area contributed by atoms with E-state index in [4.69, 9.17) is 4.74 Å². The molecule has 3 heteroatoms. The molecular weight excluding hydrogens is 184 g/mol. The zero-order valence-corrected chi connectivity index (χ0v) is 8.29. The topological polar surface area (TPSA) is 26.3 Å². The van der Waals surface area contributed by atoms with Crippen LogP contribution >= 0.6 is 0 Å². The van der Waals surface area contributed by atoms with Crippen LogP contribution in [0.25, 0.3) is 0 Å². The maximum absolute atomic E-state index is 10.6. The molecule has 0 aliphatic carbocycles. The Morgan fingerprint density at radius 2 is 2.08 bits per heavy atom. The Morgan fingerprint density at radius 1 is 1.38 bits per heavy atom. The summed E-state index contributed by atoms with van der Waals surface area (Å²) < 4.78 is 16.0. The van der Waals surface area contributed by atoms with Gasteiger partial charge in [0, 0.05) is 22.5 Å². The number of rotatable bonds is 4. The quantitative estimate of drug-likeness (QED) is 0.735. The van der Waals surface area contributed by atoms with Crippen molar-refractivity contribution in [1.29, 1.82) is 0 Å². The molecule has 1 atom stereocenters. The lowest BCUT2D eigenvalue weighted by atomic mass is 10.3. The van der Waals surface area contributed by atoms with Crippen LogP contribution in [0.4, 0.5) is 0 Å². The molecule has 1 unspecified atom stereocenters. The first-order chi connectivity index (χ1) is 6.29. The molecule has 70 valence electrons. The molecule has 1 aromatic rings. The van der Waals surface area contributed by atoms with Gasteiger partial charge in [0.25, 0.3) is 0 Å². The molecule has 0 aliphatic heterocycles. The first-order valence-electron chi connectivity index (χ1n) is 3.96. The molecule has 13 heavy (non-hydrogen) atoms. The van der Waals surface area contributed by atoms with Gasteiger partial charge in [-0.3, -0.25) is 4.21 Å². The fraction of sp³-hybridized carbons (Fsp3) is 0.200. The van der Waals surface area contributed by atoms with Crippen LogP contribution in [0.15, 0.2) is 41.8 Å². The Labute approximate surface area is 80.7 Å². The van der Waals surface area contributed by atoms with Crippen molar-refractivity contribution in [2.45, 2.75) is 0 Å². The third kappa shape index (κ3) is 4.48. The largest absolute Gasteiger partial charge is 0.490 e. The van der Waals surface area contributed by atoms with Gasteiger partial charge in [-0.15, -0.1) is 0 Å². The lowest BCUT2D eigenvalue weighted by molar-refractivity contribution is 0.363. The third-order valence-corrected chi connectivity index (χ3v) is 1.95. The minimum atomic E-state index is -0.884. The highest BCUT2D eigenvalue weighted by atomic mass is 32.2. The van der Waals surface area contributed by atoms with Gasteiger partial charge in [-0.2, -0.15) is 0 Å². The van der Waals surface area contributed by atoms with Gasteiger partial charge >= 0.3 is 0 Å². The molecule has 1 rings (SSSR count). The van der Waals surface area contributed by atoms with Gasteiger partial charge in [0.15, 0.2) is 0 Å². The lowest BCUT2D eigenvalue weighted by Crippen LogP contribution is -1.93. The summed E-state index contributed by atoms with van der Waals surface area (Å²) in [5, 5.41) is 1.61. The van der Waals surface area contributed by atoms with Gasteiger partial charge in [0.2, 0.25) is 0 Å². The highest BCUT2D eigenvalue weighted by Crippen LogP contribution is 2.07. The Kier molecular flexibility index (Phi) is 4.26. The van der Waals surface area contributed by atoms with Crippen molar-refractivity contribution in [3.63, 3.8) is 0 Å². The second kappa shape index (κ2) is 5.54. The van der Waals surface area contributed by atoms with Gasteiger partial charge in [0.05, 0.1) is 0 Å². The van der Waals surface area contributed by atoms with E-state index in [1.807, 2.05) is 30.3 Å². The van der Waals surface area contributed by atoms with Crippen molar-refractivity contribution < 1.29 is 8.95 Å². The van der Waals surface area contributed by atoms with E-state index in [2.05, 4.69) is 0 Å². The molecule has 0 fully saturated rings. The van der Waals surface area contributed by atoms with Crippen LogP contribution < -0.4 is 4.74 Å². The van der Waals surface area contributed by atoms with Crippen LogP contribution in [-0.4, -0.2) is 17.1 Å². The molecule has 0 heterocycles.